The van der Waals surface area contributed by atoms with Crippen molar-refractivity contribution in [2.24, 2.45) is 10.7 Å². The maximum absolute atomic E-state index is 11.0. The minimum absolute atomic E-state index is 0.0313. The Morgan fingerprint density at radius 3 is 3.12 bits per heavy atom. The minimum atomic E-state index is -0.471. The average molecular weight is 349 g/mol. The van der Waals surface area contributed by atoms with E-state index in [1.807, 2.05) is 0 Å². The summed E-state index contributed by atoms with van der Waals surface area (Å²) in [6.45, 7) is 0. The van der Waals surface area contributed by atoms with Crippen molar-refractivity contribution in [3.8, 4) is 0 Å². The van der Waals surface area contributed by atoms with Crippen molar-refractivity contribution in [2.75, 3.05) is 0 Å². The second-order valence-electron chi connectivity index (χ2n) is 3.12. The number of rotatable bonds is 3. The van der Waals surface area contributed by atoms with Gasteiger partial charge in [0.2, 0.25) is 5.91 Å². The van der Waals surface area contributed by atoms with Crippen molar-refractivity contribution >= 4 is 42.4 Å². The van der Waals surface area contributed by atoms with Crippen LogP contribution in [0.1, 0.15) is 22.2 Å². The molecular formula is C9H8IN3O2S. The van der Waals surface area contributed by atoms with E-state index in [9.17, 15) is 4.79 Å². The van der Waals surface area contributed by atoms with E-state index in [4.69, 9.17) is 10.5 Å². The molecule has 5 nitrogen and oxygen atoms in total. The lowest BCUT2D eigenvalue weighted by Crippen LogP contribution is -2.15. The highest BCUT2D eigenvalue weighted by Gasteiger charge is 2.29. The normalized spacial score (nSPS) is 23.1. The van der Waals surface area contributed by atoms with Gasteiger partial charge in [-0.05, 0) is 33.3 Å². The molecule has 1 aliphatic heterocycles. The predicted octanol–water partition coefficient (Wildman–Crippen LogP) is 1.69. The Kier molecular flexibility index (Phi) is 3.64. The van der Waals surface area contributed by atoms with Crippen LogP contribution in [0.4, 0.5) is 0 Å². The van der Waals surface area contributed by atoms with Crippen LogP contribution in [0.5, 0.6) is 0 Å². The lowest BCUT2D eigenvalue weighted by atomic mass is 10.1. The first kappa shape index (κ1) is 11.6. The summed E-state index contributed by atoms with van der Waals surface area (Å²) in [5.41, 5.74) is 6.30. The summed E-state index contributed by atoms with van der Waals surface area (Å²) in [5.74, 6) is -0.471. The van der Waals surface area contributed by atoms with Crippen LogP contribution in [-0.4, -0.2) is 22.7 Å². The van der Waals surface area contributed by atoms with Gasteiger partial charge in [0, 0.05) is 11.8 Å². The smallest absolute Gasteiger partial charge is 0.248 e. The number of amides is 1. The topological polar surface area (TPSA) is 77.6 Å². The molecule has 2 atom stereocenters. The van der Waals surface area contributed by atoms with Crippen LogP contribution in [0.25, 0.3) is 0 Å². The molecule has 2 rings (SSSR count). The molecule has 0 saturated carbocycles. The van der Waals surface area contributed by atoms with E-state index < -0.39 is 5.91 Å². The van der Waals surface area contributed by atoms with Crippen molar-refractivity contribution in [3.05, 3.63) is 29.6 Å². The summed E-state index contributed by atoms with van der Waals surface area (Å²) in [7, 11) is 1.54. The van der Waals surface area contributed by atoms with Gasteiger partial charge in [-0.3, -0.25) is 9.78 Å². The molecule has 1 aromatic heterocycles. The van der Waals surface area contributed by atoms with Crippen molar-refractivity contribution in [3.63, 3.8) is 0 Å². The second kappa shape index (κ2) is 5.00. The Bertz CT molecular complexity index is 441. The molecular weight excluding hydrogens is 341 g/mol. The Hall–Kier alpha value is -0.830. The quantitative estimate of drug-likeness (QED) is 0.843. The van der Waals surface area contributed by atoms with Gasteiger partial charge in [-0.15, -0.1) is 0 Å². The van der Waals surface area contributed by atoms with Gasteiger partial charge in [0.15, 0.2) is 17.9 Å². The maximum Gasteiger partial charge on any atom is 0.248 e. The summed E-state index contributed by atoms with van der Waals surface area (Å²) < 4.78 is 5.35. The van der Waals surface area contributed by atoms with Gasteiger partial charge in [0.05, 0.1) is 5.69 Å². The number of carbonyl (C=O) groups excluding carboxylic acids is 1. The summed E-state index contributed by atoms with van der Waals surface area (Å²) in [5, 5.41) is -0.0313. The fraction of sp³-hybridized carbons (Fsp3) is 0.222. The number of carbonyl (C=O) groups is 1. The molecule has 0 radical (unpaired) electrons. The third-order valence-corrected chi connectivity index (χ3v) is 4.24. The average Bonchev–Trinajstić information content (AvgIpc) is 2.77. The lowest BCUT2D eigenvalue weighted by molar-refractivity contribution is 0.1000. The molecule has 0 aromatic carbocycles. The Balaban J connectivity index is 2.27. The second-order valence-corrected chi connectivity index (χ2v) is 5.31. The molecule has 0 spiro atoms. The molecule has 2 unspecified atom stereocenters. The molecule has 2 heterocycles. The molecule has 0 saturated heterocycles. The third-order valence-electron chi connectivity index (χ3n) is 2.12. The number of nitrogens with two attached hydrogens (primary N) is 1. The molecule has 2 N–H and O–H groups in total. The highest BCUT2D eigenvalue weighted by Crippen LogP contribution is 2.36. The molecule has 16 heavy (non-hydrogen) atoms. The summed E-state index contributed by atoms with van der Waals surface area (Å²) in [6.07, 6.45) is 2.72. The monoisotopic (exact) mass is 349 g/mol. The lowest BCUT2D eigenvalue weighted by Gasteiger charge is -2.14. The summed E-state index contributed by atoms with van der Waals surface area (Å²) in [4.78, 5) is 19.3. The van der Waals surface area contributed by atoms with Gasteiger partial charge in [0.25, 0.3) is 0 Å². The summed E-state index contributed by atoms with van der Waals surface area (Å²) >= 11 is 2.16. The van der Waals surface area contributed by atoms with E-state index >= 15 is 0 Å². The first-order chi connectivity index (χ1) is 7.72. The highest BCUT2D eigenvalue weighted by molar-refractivity contribution is 14.2. The van der Waals surface area contributed by atoms with Crippen LogP contribution in [0, 0.1) is 0 Å². The van der Waals surface area contributed by atoms with Gasteiger partial charge in [-0.2, -0.15) is 0 Å². The van der Waals surface area contributed by atoms with E-state index in [0.717, 1.165) is 0 Å². The zero-order valence-electron chi connectivity index (χ0n) is 8.04. The van der Waals surface area contributed by atoms with Crippen molar-refractivity contribution in [2.45, 2.75) is 11.5 Å². The zero-order valence-corrected chi connectivity index (χ0v) is 11.0. The first-order valence-electron chi connectivity index (χ1n) is 4.42. The van der Waals surface area contributed by atoms with Crippen molar-refractivity contribution in [1.82, 2.24) is 4.98 Å². The van der Waals surface area contributed by atoms with E-state index in [1.165, 1.54) is 6.40 Å². The van der Waals surface area contributed by atoms with Crippen molar-refractivity contribution < 1.29 is 9.53 Å². The van der Waals surface area contributed by atoms with E-state index in [2.05, 4.69) is 31.2 Å². The Morgan fingerprint density at radius 1 is 1.62 bits per heavy atom. The highest BCUT2D eigenvalue weighted by atomic mass is 127. The fourth-order valence-electron chi connectivity index (χ4n) is 1.35. The van der Waals surface area contributed by atoms with Crippen LogP contribution in [-0.2, 0) is 4.74 Å². The number of ether oxygens (including phenoxy) is 1. The molecule has 7 heteroatoms. The van der Waals surface area contributed by atoms with Gasteiger partial charge < -0.3 is 10.5 Å². The van der Waals surface area contributed by atoms with E-state index in [0.29, 0.717) is 11.3 Å². The number of aliphatic imine (C=N–C) groups is 1. The van der Waals surface area contributed by atoms with Gasteiger partial charge in [-0.1, -0.05) is 8.93 Å². The third kappa shape index (κ3) is 2.29. The van der Waals surface area contributed by atoms with Gasteiger partial charge in [0.1, 0.15) is 0 Å². The molecule has 1 amide bonds. The number of halogens is 1. The van der Waals surface area contributed by atoms with E-state index in [1.54, 1.807) is 27.3 Å². The largest absolute Gasteiger partial charge is 0.471 e. The summed E-state index contributed by atoms with van der Waals surface area (Å²) in [6, 6.07) is 3.22. The van der Waals surface area contributed by atoms with E-state index in [-0.39, 0.29) is 11.5 Å². The number of aromatic nitrogens is 1. The minimum Gasteiger partial charge on any atom is -0.471 e. The van der Waals surface area contributed by atoms with Gasteiger partial charge in [-0.25, -0.2) is 4.99 Å². The van der Waals surface area contributed by atoms with Crippen LogP contribution in [0.2, 0.25) is 0 Å². The zero-order chi connectivity index (χ0) is 11.5. The Labute approximate surface area is 108 Å². The number of hydrogen-bond acceptors (Lipinski definition) is 5. The maximum atomic E-state index is 11.0. The number of nitrogens with zero attached hydrogens (tertiary/aromatic N) is 2. The van der Waals surface area contributed by atoms with Crippen LogP contribution >= 0.6 is 30.1 Å². The molecule has 84 valence electrons. The SMILES string of the molecule is NC(=O)c1ccnc(C2OC=NC2SI)c1. The molecule has 0 aliphatic carbocycles. The van der Waals surface area contributed by atoms with Crippen LogP contribution in [0.15, 0.2) is 23.3 Å². The number of primary amides is 1. The molecule has 1 aliphatic rings. The standard InChI is InChI=1S/C9H8IN3O2S/c10-16-9-7(15-4-13-9)6-3-5(8(11)14)1-2-12-6/h1-4,7,9H,(H2,11,14). The fourth-order valence-corrected chi connectivity index (χ4v) is 2.94. The van der Waals surface area contributed by atoms with Crippen LogP contribution in [0.3, 0.4) is 0 Å². The molecule has 0 bridgehead atoms. The number of pyridine rings is 1. The molecule has 1 aromatic rings. The first-order valence-corrected chi connectivity index (χ1v) is 7.85. The molecule has 0 fully saturated rings. The predicted molar refractivity (Wildman–Crippen MR) is 70.5 cm³/mol. The Morgan fingerprint density at radius 2 is 2.44 bits per heavy atom. The van der Waals surface area contributed by atoms with Gasteiger partial charge >= 0.3 is 0 Å². The van der Waals surface area contributed by atoms with Crippen LogP contribution < -0.4 is 5.73 Å². The van der Waals surface area contributed by atoms with Crippen molar-refractivity contribution in [1.29, 1.82) is 0 Å². The number of hydrogen-bond donors (Lipinski definition) is 1.